The number of fused-ring (bicyclic) bond motifs is 18. The molecule has 144 heavy (non-hydrogen) atoms. The summed E-state index contributed by atoms with van der Waals surface area (Å²) >= 11 is 0. The quantitative estimate of drug-likeness (QED) is 0.0466. The summed E-state index contributed by atoms with van der Waals surface area (Å²) < 4.78 is 811. The minimum Gasteiger partial charge on any atom is -0.493 e. The van der Waals surface area contributed by atoms with Gasteiger partial charge in [-0.05, 0) is 252 Å². The van der Waals surface area contributed by atoms with E-state index in [1.54, 1.807) is 13.8 Å². The van der Waals surface area contributed by atoms with Gasteiger partial charge in [-0.25, -0.2) is 0 Å². The highest BCUT2D eigenvalue weighted by Gasteiger charge is 2.47. The Hall–Kier alpha value is -9.30. The number of hydrogen-bond acceptors (Lipinski definition) is 24. The molecule has 0 radical (unpaired) electrons. The van der Waals surface area contributed by atoms with E-state index >= 15 is 0 Å². The molecule has 6 fully saturated rings. The lowest BCUT2D eigenvalue weighted by Crippen LogP contribution is -2.46. The molecule has 0 spiro atoms. The van der Waals surface area contributed by atoms with Crippen molar-refractivity contribution in [3.05, 3.63) is 139 Å². The smallest absolute Gasteiger partial charge is 0.161 e. The standard InChI is InChI=1S/3C20H29NO3.3C19H27NO3.3CH4/c3*1-5-13(2)8-15-12-21-7-6-14-9-19(23-3)20(24-4)10-16(14)17(21)11-18(15)22;3*1-12(2)7-14-11-20-6-5-13-8-18(22-3)19(23-4)9-15(13)16(20)10-17(14)21;;;/h3*9-10,13,15,17H,5-8,11-12H2,1-4H3;3*8-9,12,14,16H,5-7,10-11H2,1-4H3;3*1H4/i2D3,3D3,4D3,5D2,8D2,9D,10D,11D2,12D2,13D,15D;2D3,4D3,5D2,6D2,7D2,8D2,9D,10D,13D,17D;2D3,3D3,4D3,5D2,8D2,9D,10D,12D2,13D;3D3,4D3,8D,9D,10D2,11D2,14D;3D3,4D3,5D2,6D2,8D,9D,16D;3D3,4D3,8D,9D,11D2;;;. The summed E-state index contributed by atoms with van der Waals surface area (Å²) in [4.78, 5) is 85.5. The molecule has 0 aliphatic carbocycles. The van der Waals surface area contributed by atoms with E-state index in [4.69, 9.17) is 183 Å². The lowest BCUT2D eigenvalue weighted by atomic mass is 9.79. The van der Waals surface area contributed by atoms with E-state index in [0.717, 1.165) is 21.8 Å². The average molecular weight is 2090 g/mol. The predicted octanol–water partition coefficient (Wildman–Crippen LogP) is 22.5. The summed E-state index contributed by atoms with van der Waals surface area (Å²) in [6.07, 6.45) is -37.2. The third-order valence-electron chi connectivity index (χ3n) is 23.9. The number of piperidine rings is 6. The zero-order valence-electron chi connectivity index (χ0n) is 171. The van der Waals surface area contributed by atoms with Crippen molar-refractivity contribution in [3.8, 4) is 69.0 Å². The van der Waals surface area contributed by atoms with Crippen LogP contribution in [-0.2, 0) is 67.2 Å². The van der Waals surface area contributed by atoms with Gasteiger partial charge in [0.05, 0.1) is 149 Å². The molecule has 12 heterocycles. The first-order valence-electron chi connectivity index (χ1n) is 90.6. The summed E-state index contributed by atoms with van der Waals surface area (Å²) in [6, 6.07) is -21.6. The number of nitrogens with zero attached hydrogens (tertiary/aromatic N) is 6. The SMILES string of the molecule is C.C.C.[2H]c1c(OC([2H])([2H])[2H])c(OC([2H])([2H])[2H])c([2H])c2c1C1([2H])CC(=O)C(CC(C)C)CN1C([2H])([2H])C2([2H])[2H].[2H]c1c(OC([2H])([2H])[2H])c(OC)c([2H])c2c1C1([2H])CC(=O)C(C([2H])([2H])C([2H])(C([2H])([2H])[2H])C([2H])([2H])C)CN1C([2H])([2H])C2([2H])[2H].[2H]c1c2c(c([2H])c(OC([2H])([2H])[2H])c1OC([2H])([2H])[2H])C1CC(=O)C(C([2H])([2H])C([2H])(C([2H])([2H])[2H])C([2H])([2H])C)C([2H])([2H])N1CC2.[2H]c1c2c(c([2H])c(OC([2H])([2H])[2H])c1OC([2H])([2H])[2H])C1CC(=O)C(CC(C)C)C([2H])([2H])N1CC2.[2H]c1c2c(c([2H])c(OC([2H])([2H])[2H])c1OC([2H])([2H])[2H])C1N(CC2)C([2H])([2H])C([2H])(C([2H])([2H])C([2H])(C([2H])([2H])[2H])C([2H])([2H])C)C(=O)C1([2H])[2H].[2H]c1c2c(c([2H])c(OC([2H])([2H])[2H])c1OC([2H])([2H])[2H])C1N(CC2)C([2H])([2H])C([2H])(CC(C)C)C(=O)C1([2H])[2H]. The van der Waals surface area contributed by atoms with Crippen LogP contribution in [0.5, 0.6) is 69.0 Å². The molecule has 0 aromatic heterocycles. The second-order valence-electron chi connectivity index (χ2n) is 34.3. The highest BCUT2D eigenvalue weighted by Crippen LogP contribution is 2.51. The zero-order chi connectivity index (χ0) is 182. The maximum absolute atomic E-state index is 14.0. The van der Waals surface area contributed by atoms with Gasteiger partial charge in [-0.2, -0.15) is 0 Å². The van der Waals surface area contributed by atoms with E-state index in [1.165, 1.54) is 4.90 Å². The van der Waals surface area contributed by atoms with Gasteiger partial charge < -0.3 is 56.8 Å². The molecule has 6 saturated heterocycles. The summed E-state index contributed by atoms with van der Waals surface area (Å²) in [6.45, 7) is -19.2. The number of ketones is 6. The third-order valence-corrected chi connectivity index (χ3v) is 23.9. The zero-order valence-corrected chi connectivity index (χ0v) is 77.9. The lowest BCUT2D eigenvalue weighted by molar-refractivity contribution is -0.130. The van der Waals surface area contributed by atoms with E-state index in [1.807, 2.05) is 27.7 Å². The van der Waals surface area contributed by atoms with E-state index in [9.17, 15) is 30.1 Å². The van der Waals surface area contributed by atoms with Crippen molar-refractivity contribution in [2.75, 3.05) is 163 Å². The largest absolute Gasteiger partial charge is 0.493 e. The Balaban J connectivity index is 0.000000279. The molecule has 0 bridgehead atoms. The molecule has 15 unspecified atom stereocenters. The fourth-order valence-electron chi connectivity index (χ4n) is 17.2. The molecule has 798 valence electrons. The minimum absolute atomic E-state index is 0. The van der Waals surface area contributed by atoms with E-state index < -0.39 is 527 Å². The van der Waals surface area contributed by atoms with Crippen molar-refractivity contribution in [1.29, 1.82) is 0 Å². The van der Waals surface area contributed by atoms with Gasteiger partial charge in [0, 0.05) is 251 Å². The van der Waals surface area contributed by atoms with Crippen molar-refractivity contribution in [2.24, 2.45) is 70.9 Å². The van der Waals surface area contributed by atoms with Crippen LogP contribution >= 0.6 is 0 Å². The van der Waals surface area contributed by atoms with Crippen LogP contribution in [-0.4, -0.2) is 227 Å². The van der Waals surface area contributed by atoms with Gasteiger partial charge in [-0.1, -0.05) is 124 Å². The fourth-order valence-corrected chi connectivity index (χ4v) is 17.2. The van der Waals surface area contributed by atoms with Crippen molar-refractivity contribution < 1.29 is 213 Å². The van der Waals surface area contributed by atoms with Gasteiger partial charge in [0.25, 0.3) is 0 Å². The highest BCUT2D eigenvalue weighted by atomic mass is 16.5. The number of rotatable bonds is 27. The molecular weight excluding hydrogens is 1810 g/mol. The molecule has 12 aliphatic rings. The maximum atomic E-state index is 14.0. The molecule has 6 aromatic carbocycles. The molecule has 12 aliphatic heterocycles. The normalized spacial score (nSPS) is 41.6. The number of ether oxygens (including phenoxy) is 12. The lowest BCUT2D eigenvalue weighted by Gasteiger charge is -2.43. The Morgan fingerprint density at radius 3 is 0.979 bits per heavy atom. The van der Waals surface area contributed by atoms with Gasteiger partial charge in [-0.15, -0.1) is 0 Å². The Morgan fingerprint density at radius 1 is 0.333 bits per heavy atom. The second kappa shape index (κ2) is 53.5. The molecule has 0 amide bonds. The van der Waals surface area contributed by atoms with Crippen molar-refractivity contribution >= 4 is 34.7 Å². The topological polar surface area (TPSA) is 233 Å². The van der Waals surface area contributed by atoms with Crippen LogP contribution in [0, 0.1) is 70.9 Å². The number of Topliss-reactive ketones (excluding diaryl/α,β-unsaturated/α-hetero) is 6. The molecular formula is C120H180N6O18. The summed E-state index contributed by atoms with van der Waals surface area (Å²) in [5.41, 5.74) is -4.83. The Morgan fingerprint density at radius 2 is 0.618 bits per heavy atom. The van der Waals surface area contributed by atoms with Crippen molar-refractivity contribution in [2.45, 2.75) is 276 Å². The van der Waals surface area contributed by atoms with Crippen molar-refractivity contribution in [1.82, 2.24) is 29.4 Å². The Bertz CT molecular complexity index is 9730. The Labute approximate surface area is 995 Å². The van der Waals surface area contributed by atoms with Gasteiger partial charge in [0.1, 0.15) is 34.7 Å². The monoisotopic (exact) mass is 2090 g/mol. The molecule has 15 atom stereocenters. The first kappa shape index (κ1) is 43.0. The molecule has 24 heteroatoms. The van der Waals surface area contributed by atoms with Gasteiger partial charge >= 0.3 is 0 Å². The third kappa shape index (κ3) is 27.2. The van der Waals surface area contributed by atoms with Crippen LogP contribution in [0.1, 0.15) is 432 Å². The molecule has 0 saturated carbocycles. The van der Waals surface area contributed by atoms with Crippen LogP contribution in [0.3, 0.4) is 0 Å². The minimum atomic E-state index is -4.29. The van der Waals surface area contributed by atoms with Crippen molar-refractivity contribution in [3.63, 3.8) is 0 Å². The number of carbonyl (C=O) groups excluding carboxylic acids is 6. The van der Waals surface area contributed by atoms with Crippen LogP contribution < -0.4 is 56.8 Å². The van der Waals surface area contributed by atoms with E-state index in [0.29, 0.717) is 43.4 Å². The number of benzene rings is 6. The fraction of sp³-hybridized carbons (Fsp3) is 0.650. The highest BCUT2D eigenvalue weighted by molar-refractivity contribution is 5.86. The number of hydrogen-bond donors (Lipinski definition) is 0. The van der Waals surface area contributed by atoms with Crippen LogP contribution in [0.25, 0.3) is 0 Å². The average Bonchev–Trinajstić information content (AvgIpc) is 0.655. The summed E-state index contributed by atoms with van der Waals surface area (Å²) in [7, 11) is -34.3. The predicted molar refractivity (Wildman–Crippen MR) is 575 cm³/mol. The van der Waals surface area contributed by atoms with E-state index in [2.05, 4.69) is 0 Å². The van der Waals surface area contributed by atoms with Crippen LogP contribution in [0.15, 0.2) is 72.5 Å². The first-order valence-corrected chi connectivity index (χ1v) is 44.1. The maximum Gasteiger partial charge on any atom is 0.161 e. The van der Waals surface area contributed by atoms with Gasteiger partial charge in [0.15, 0.2) is 69.0 Å². The van der Waals surface area contributed by atoms with Crippen LogP contribution in [0.2, 0.25) is 0 Å². The molecule has 0 N–H and O–H groups in total. The van der Waals surface area contributed by atoms with Gasteiger partial charge in [-0.3, -0.25) is 58.2 Å². The molecule has 6 aromatic rings. The van der Waals surface area contributed by atoms with Crippen LogP contribution in [0.4, 0.5) is 0 Å². The summed E-state index contributed by atoms with van der Waals surface area (Å²) in [5.74, 6) is -42.3. The van der Waals surface area contributed by atoms with E-state index in [-0.39, 0.29) is 143 Å². The number of carbonyl (C=O) groups is 6. The summed E-state index contributed by atoms with van der Waals surface area (Å²) in [5, 5.41) is 0. The molecule has 18 rings (SSSR count). The first-order chi connectivity index (χ1) is 104. The second-order valence-corrected chi connectivity index (χ2v) is 34.3. The molecule has 24 nitrogen and oxygen atoms in total. The number of methoxy groups -OCH3 is 12. The van der Waals surface area contributed by atoms with Gasteiger partial charge in [0.2, 0.25) is 0 Å². The Kier molecular flexibility index (Phi) is 16.0.